The SMILES string of the molecule is COC(=O)C1CCCC1S(=O)(=O)NC(CCO)C(C)(C)C. The van der Waals surface area contributed by atoms with E-state index >= 15 is 0 Å². The number of carbonyl (C=O) groups is 1. The molecule has 3 atom stereocenters. The number of nitrogens with one attached hydrogen (secondary N) is 1. The van der Waals surface area contributed by atoms with Gasteiger partial charge < -0.3 is 9.84 Å². The topological polar surface area (TPSA) is 92.7 Å². The van der Waals surface area contributed by atoms with Gasteiger partial charge in [0.1, 0.15) is 0 Å². The van der Waals surface area contributed by atoms with Crippen LogP contribution in [0.3, 0.4) is 0 Å². The Bertz CT molecular complexity index is 454. The zero-order chi connectivity index (χ0) is 16.3. The summed E-state index contributed by atoms with van der Waals surface area (Å²) >= 11 is 0. The molecule has 21 heavy (non-hydrogen) atoms. The van der Waals surface area contributed by atoms with E-state index in [1.54, 1.807) is 0 Å². The number of rotatable bonds is 6. The fraction of sp³-hybridized carbons (Fsp3) is 0.929. The molecule has 3 unspecified atom stereocenters. The molecular formula is C14H27NO5S. The highest BCUT2D eigenvalue weighted by Gasteiger charge is 2.43. The lowest BCUT2D eigenvalue weighted by molar-refractivity contribution is -0.145. The molecule has 0 radical (unpaired) electrons. The summed E-state index contributed by atoms with van der Waals surface area (Å²) in [5, 5.41) is 8.39. The fourth-order valence-electron chi connectivity index (χ4n) is 2.80. The molecule has 1 fully saturated rings. The predicted octanol–water partition coefficient (Wildman–Crippen LogP) is 1.04. The Morgan fingerprint density at radius 1 is 1.38 bits per heavy atom. The second kappa shape index (κ2) is 7.07. The van der Waals surface area contributed by atoms with Crippen molar-refractivity contribution in [3.8, 4) is 0 Å². The number of aliphatic hydroxyl groups is 1. The second-order valence-corrected chi connectivity index (χ2v) is 8.62. The number of aliphatic hydroxyl groups excluding tert-OH is 1. The zero-order valence-corrected chi connectivity index (χ0v) is 14.1. The summed E-state index contributed by atoms with van der Waals surface area (Å²) in [5.74, 6) is -1.06. The van der Waals surface area contributed by atoms with Crippen molar-refractivity contribution in [2.45, 2.75) is 57.7 Å². The molecule has 1 saturated carbocycles. The van der Waals surface area contributed by atoms with Gasteiger partial charge >= 0.3 is 5.97 Å². The van der Waals surface area contributed by atoms with Crippen LogP contribution in [0.4, 0.5) is 0 Å². The maximum Gasteiger partial charge on any atom is 0.310 e. The van der Waals surface area contributed by atoms with Crippen molar-refractivity contribution in [1.29, 1.82) is 0 Å². The van der Waals surface area contributed by atoms with Crippen LogP contribution < -0.4 is 4.72 Å². The minimum Gasteiger partial charge on any atom is -0.469 e. The second-order valence-electron chi connectivity index (χ2n) is 6.69. The number of ether oxygens (including phenoxy) is 1. The van der Waals surface area contributed by atoms with Gasteiger partial charge in [0.25, 0.3) is 0 Å². The van der Waals surface area contributed by atoms with Crippen LogP contribution in [0.1, 0.15) is 46.5 Å². The molecule has 0 spiro atoms. The van der Waals surface area contributed by atoms with E-state index in [0.717, 1.165) is 0 Å². The molecule has 7 heteroatoms. The Balaban J connectivity index is 2.91. The van der Waals surface area contributed by atoms with Crippen LogP contribution in [-0.2, 0) is 19.6 Å². The molecule has 0 aromatic rings. The third kappa shape index (κ3) is 4.66. The molecule has 0 aromatic carbocycles. The van der Waals surface area contributed by atoms with Crippen LogP contribution in [0.25, 0.3) is 0 Å². The Morgan fingerprint density at radius 3 is 2.48 bits per heavy atom. The highest BCUT2D eigenvalue weighted by atomic mass is 32.2. The summed E-state index contributed by atoms with van der Waals surface area (Å²) in [5.41, 5.74) is -0.310. The molecule has 1 rings (SSSR count). The predicted molar refractivity (Wildman–Crippen MR) is 80.1 cm³/mol. The van der Waals surface area contributed by atoms with Gasteiger partial charge in [-0.2, -0.15) is 0 Å². The van der Waals surface area contributed by atoms with Crippen molar-refractivity contribution in [1.82, 2.24) is 4.72 Å². The van der Waals surface area contributed by atoms with Crippen molar-refractivity contribution in [2.75, 3.05) is 13.7 Å². The minimum absolute atomic E-state index is 0.0877. The Hall–Kier alpha value is -0.660. The van der Waals surface area contributed by atoms with Gasteiger partial charge in [0.2, 0.25) is 10.0 Å². The number of methoxy groups -OCH3 is 1. The van der Waals surface area contributed by atoms with Gasteiger partial charge in [-0.1, -0.05) is 27.2 Å². The summed E-state index contributed by atoms with van der Waals surface area (Å²) < 4.78 is 32.6. The fourth-order valence-corrected chi connectivity index (χ4v) is 5.00. The maximum atomic E-state index is 12.6. The summed E-state index contributed by atoms with van der Waals surface area (Å²) in [4.78, 5) is 11.7. The van der Waals surface area contributed by atoms with Gasteiger partial charge in [-0.15, -0.1) is 0 Å². The van der Waals surface area contributed by atoms with Crippen LogP contribution in [0, 0.1) is 11.3 Å². The van der Waals surface area contributed by atoms with E-state index in [9.17, 15) is 13.2 Å². The average Bonchev–Trinajstić information content (AvgIpc) is 2.86. The first-order chi connectivity index (χ1) is 9.63. The summed E-state index contributed by atoms with van der Waals surface area (Å²) in [6.45, 7) is 5.67. The van der Waals surface area contributed by atoms with Gasteiger partial charge in [0, 0.05) is 12.6 Å². The number of sulfonamides is 1. The molecule has 0 amide bonds. The van der Waals surface area contributed by atoms with Crippen molar-refractivity contribution in [3.63, 3.8) is 0 Å². The molecule has 0 saturated heterocycles. The largest absolute Gasteiger partial charge is 0.469 e. The molecular weight excluding hydrogens is 294 g/mol. The van der Waals surface area contributed by atoms with Gasteiger partial charge in [0.15, 0.2) is 0 Å². The van der Waals surface area contributed by atoms with Crippen molar-refractivity contribution in [3.05, 3.63) is 0 Å². The van der Waals surface area contributed by atoms with Crippen molar-refractivity contribution < 1.29 is 23.1 Å². The van der Waals surface area contributed by atoms with Gasteiger partial charge in [-0.05, 0) is 24.7 Å². The molecule has 2 N–H and O–H groups in total. The first-order valence-electron chi connectivity index (χ1n) is 7.33. The number of esters is 1. The van der Waals surface area contributed by atoms with Crippen molar-refractivity contribution >= 4 is 16.0 Å². The van der Waals surface area contributed by atoms with Gasteiger partial charge in [0.05, 0.1) is 18.3 Å². The number of hydrogen-bond acceptors (Lipinski definition) is 5. The summed E-state index contributed by atoms with van der Waals surface area (Å²) in [6, 6.07) is -0.369. The smallest absolute Gasteiger partial charge is 0.310 e. The summed E-state index contributed by atoms with van der Waals surface area (Å²) in [7, 11) is -2.35. The summed E-state index contributed by atoms with van der Waals surface area (Å²) in [6.07, 6.45) is 2.05. The molecule has 1 aliphatic rings. The molecule has 0 bridgehead atoms. The molecule has 1 aliphatic carbocycles. The van der Waals surface area contributed by atoms with E-state index in [1.165, 1.54) is 7.11 Å². The lowest BCUT2D eigenvalue weighted by Crippen LogP contribution is -2.49. The third-order valence-electron chi connectivity index (χ3n) is 4.12. The van der Waals surface area contributed by atoms with E-state index < -0.39 is 27.2 Å². The maximum absolute atomic E-state index is 12.6. The molecule has 0 aliphatic heterocycles. The lowest BCUT2D eigenvalue weighted by Gasteiger charge is -2.32. The van der Waals surface area contributed by atoms with Crippen LogP contribution in [0.2, 0.25) is 0 Å². The van der Waals surface area contributed by atoms with E-state index in [4.69, 9.17) is 9.84 Å². The highest BCUT2D eigenvalue weighted by molar-refractivity contribution is 7.90. The molecule has 6 nitrogen and oxygen atoms in total. The van der Waals surface area contributed by atoms with Crippen molar-refractivity contribution in [2.24, 2.45) is 11.3 Å². The first-order valence-corrected chi connectivity index (χ1v) is 8.88. The van der Waals surface area contributed by atoms with Crippen LogP contribution in [0.15, 0.2) is 0 Å². The van der Waals surface area contributed by atoms with Crippen LogP contribution in [-0.4, -0.2) is 44.5 Å². The van der Waals surface area contributed by atoms with E-state index in [2.05, 4.69) is 4.72 Å². The Kier molecular flexibility index (Phi) is 6.19. The van der Waals surface area contributed by atoms with E-state index in [1.807, 2.05) is 20.8 Å². The van der Waals surface area contributed by atoms with E-state index in [-0.39, 0.29) is 18.1 Å². The Morgan fingerprint density at radius 2 is 2.00 bits per heavy atom. The molecule has 124 valence electrons. The van der Waals surface area contributed by atoms with Crippen LogP contribution >= 0.6 is 0 Å². The number of hydrogen-bond donors (Lipinski definition) is 2. The highest BCUT2D eigenvalue weighted by Crippen LogP contribution is 2.33. The normalized spacial score (nSPS) is 24.8. The third-order valence-corrected chi connectivity index (χ3v) is 6.10. The minimum atomic E-state index is -3.63. The van der Waals surface area contributed by atoms with E-state index in [0.29, 0.717) is 25.7 Å². The molecule has 0 heterocycles. The zero-order valence-electron chi connectivity index (χ0n) is 13.3. The Labute approximate surface area is 127 Å². The first kappa shape index (κ1) is 18.4. The molecule has 0 aromatic heterocycles. The van der Waals surface area contributed by atoms with Gasteiger partial charge in [-0.25, -0.2) is 13.1 Å². The standard InChI is InChI=1S/C14H27NO5S/c1-14(2,3)12(8-9-16)15-21(18,19)11-7-5-6-10(11)13(17)20-4/h10-12,15-16H,5-9H2,1-4H3. The van der Waals surface area contributed by atoms with Gasteiger partial charge in [-0.3, -0.25) is 4.79 Å². The monoisotopic (exact) mass is 321 g/mol. The quantitative estimate of drug-likeness (QED) is 0.713. The lowest BCUT2D eigenvalue weighted by atomic mass is 9.86. The number of carbonyl (C=O) groups excluding carboxylic acids is 1. The average molecular weight is 321 g/mol. The van der Waals surface area contributed by atoms with Crippen LogP contribution in [0.5, 0.6) is 0 Å².